The molecule has 1 atom stereocenters. The molecule has 1 N–H and O–H groups in total. The second-order valence-electron chi connectivity index (χ2n) is 6.79. The molecule has 0 saturated carbocycles. The van der Waals surface area contributed by atoms with Crippen LogP contribution in [0.25, 0.3) is 0 Å². The van der Waals surface area contributed by atoms with E-state index in [2.05, 4.69) is 10.2 Å². The van der Waals surface area contributed by atoms with Gasteiger partial charge in [-0.3, -0.25) is 0 Å². The third-order valence-electron chi connectivity index (χ3n) is 3.70. The molecule has 0 radical (unpaired) electrons. The van der Waals surface area contributed by atoms with Crippen molar-refractivity contribution in [2.75, 3.05) is 24.5 Å². The number of hydrogen-bond donors (Lipinski definition) is 1. The molecule has 1 aliphatic heterocycles. The van der Waals surface area contributed by atoms with Gasteiger partial charge in [0.25, 0.3) is 0 Å². The second kappa shape index (κ2) is 6.99. The smallest absolute Gasteiger partial charge is 0.407 e. The fourth-order valence-corrected chi connectivity index (χ4v) is 2.65. The normalized spacial score (nSPS) is 18.4. The fraction of sp³-hybridized carbons (Fsp3) is 0.588. The Bertz CT molecular complexity index is 496. The number of carbonyl (C=O) groups excluding carboxylic acids is 1. The molecule has 1 amide bonds. The van der Waals surface area contributed by atoms with Crippen molar-refractivity contribution in [3.8, 4) is 0 Å². The predicted octanol–water partition coefficient (Wildman–Crippen LogP) is 3.57. The summed E-state index contributed by atoms with van der Waals surface area (Å²) in [6.07, 6.45) is 1.66. The Morgan fingerprint density at radius 2 is 2.05 bits per heavy atom. The zero-order valence-corrected chi connectivity index (χ0v) is 13.6. The van der Waals surface area contributed by atoms with Crippen LogP contribution >= 0.6 is 0 Å². The first-order valence-corrected chi connectivity index (χ1v) is 7.81. The van der Waals surface area contributed by atoms with Gasteiger partial charge in [0.1, 0.15) is 11.4 Å². The molecule has 0 aliphatic carbocycles. The molecular weight excluding hydrogens is 283 g/mol. The number of alkyl carbamates (subject to hydrolysis) is 1. The van der Waals surface area contributed by atoms with Crippen LogP contribution in [0, 0.1) is 11.7 Å². The van der Waals surface area contributed by atoms with E-state index >= 15 is 0 Å². The van der Waals surface area contributed by atoms with Crippen molar-refractivity contribution in [3.63, 3.8) is 0 Å². The minimum absolute atomic E-state index is 0.207. The van der Waals surface area contributed by atoms with Crippen LogP contribution in [-0.4, -0.2) is 31.3 Å². The maximum Gasteiger partial charge on any atom is 0.407 e. The van der Waals surface area contributed by atoms with E-state index in [-0.39, 0.29) is 11.9 Å². The summed E-state index contributed by atoms with van der Waals surface area (Å²) in [4.78, 5) is 13.8. The van der Waals surface area contributed by atoms with E-state index in [0.29, 0.717) is 12.5 Å². The largest absolute Gasteiger partial charge is 0.444 e. The number of anilines is 1. The summed E-state index contributed by atoms with van der Waals surface area (Å²) < 4.78 is 18.1. The van der Waals surface area contributed by atoms with Gasteiger partial charge < -0.3 is 15.0 Å². The molecule has 1 saturated heterocycles. The third kappa shape index (κ3) is 5.20. The van der Waals surface area contributed by atoms with Crippen molar-refractivity contribution in [2.24, 2.45) is 5.92 Å². The van der Waals surface area contributed by atoms with Crippen LogP contribution < -0.4 is 10.2 Å². The topological polar surface area (TPSA) is 41.6 Å². The third-order valence-corrected chi connectivity index (χ3v) is 3.70. The number of carbonyl (C=O) groups is 1. The molecule has 1 aromatic rings. The van der Waals surface area contributed by atoms with Crippen molar-refractivity contribution >= 4 is 11.8 Å². The maximum atomic E-state index is 12.9. The molecule has 0 aromatic heterocycles. The van der Waals surface area contributed by atoms with Crippen LogP contribution in [0.1, 0.15) is 33.6 Å². The lowest BCUT2D eigenvalue weighted by atomic mass is 10.1. The van der Waals surface area contributed by atoms with Gasteiger partial charge in [0.15, 0.2) is 0 Å². The van der Waals surface area contributed by atoms with Crippen LogP contribution in [0.2, 0.25) is 0 Å². The van der Waals surface area contributed by atoms with Gasteiger partial charge in [-0.1, -0.05) is 0 Å². The van der Waals surface area contributed by atoms with Gasteiger partial charge in [0, 0.05) is 25.3 Å². The van der Waals surface area contributed by atoms with E-state index < -0.39 is 5.60 Å². The van der Waals surface area contributed by atoms with Crippen LogP contribution in [0.5, 0.6) is 0 Å². The lowest BCUT2D eigenvalue weighted by Gasteiger charge is -2.20. The number of nitrogens with one attached hydrogen (secondary N) is 1. The summed E-state index contributed by atoms with van der Waals surface area (Å²) in [6, 6.07) is 6.62. The van der Waals surface area contributed by atoms with Crippen molar-refractivity contribution in [2.45, 2.75) is 39.2 Å². The molecular formula is C17H25FN2O2. The number of halogens is 1. The average molecular weight is 308 g/mol. The number of amides is 1. The first-order chi connectivity index (χ1) is 10.3. The first-order valence-electron chi connectivity index (χ1n) is 7.81. The predicted molar refractivity (Wildman–Crippen MR) is 85.6 cm³/mol. The molecule has 1 unspecified atom stereocenters. The lowest BCUT2D eigenvalue weighted by molar-refractivity contribution is 0.0525. The SMILES string of the molecule is CC(C)(C)OC(=O)NCCC1CCN(c2ccc(F)cc2)C1. The number of nitrogens with zero attached hydrogens (tertiary/aromatic N) is 1. The number of benzene rings is 1. The van der Waals surface area contributed by atoms with Gasteiger partial charge in [0.05, 0.1) is 0 Å². The summed E-state index contributed by atoms with van der Waals surface area (Å²) in [6.45, 7) is 8.10. The Hall–Kier alpha value is -1.78. The summed E-state index contributed by atoms with van der Waals surface area (Å²) in [5.41, 5.74) is 0.598. The molecule has 22 heavy (non-hydrogen) atoms. The monoisotopic (exact) mass is 308 g/mol. The van der Waals surface area contributed by atoms with Crippen LogP contribution in [0.15, 0.2) is 24.3 Å². The van der Waals surface area contributed by atoms with Crippen LogP contribution in [-0.2, 0) is 4.74 Å². The Labute approximate surface area is 131 Å². The summed E-state index contributed by atoms with van der Waals surface area (Å²) in [7, 11) is 0. The summed E-state index contributed by atoms with van der Waals surface area (Å²) >= 11 is 0. The Kier molecular flexibility index (Phi) is 5.27. The van der Waals surface area contributed by atoms with Gasteiger partial charge in [-0.2, -0.15) is 0 Å². The van der Waals surface area contributed by atoms with Crippen molar-refractivity contribution in [3.05, 3.63) is 30.1 Å². The molecule has 1 heterocycles. The van der Waals surface area contributed by atoms with Gasteiger partial charge in [-0.15, -0.1) is 0 Å². The van der Waals surface area contributed by atoms with Crippen LogP contribution in [0.3, 0.4) is 0 Å². The molecule has 1 fully saturated rings. The lowest BCUT2D eigenvalue weighted by Crippen LogP contribution is -2.33. The quantitative estimate of drug-likeness (QED) is 0.924. The van der Waals surface area contributed by atoms with Gasteiger partial charge in [-0.25, -0.2) is 9.18 Å². The molecule has 4 nitrogen and oxygen atoms in total. The molecule has 1 aliphatic rings. The zero-order valence-electron chi connectivity index (χ0n) is 13.6. The maximum absolute atomic E-state index is 12.9. The highest BCUT2D eigenvalue weighted by Crippen LogP contribution is 2.25. The number of hydrogen-bond acceptors (Lipinski definition) is 3. The van der Waals surface area contributed by atoms with E-state index in [0.717, 1.165) is 31.6 Å². The summed E-state index contributed by atoms with van der Waals surface area (Å²) in [5.74, 6) is 0.334. The molecule has 2 rings (SSSR count). The number of rotatable bonds is 4. The van der Waals surface area contributed by atoms with Crippen molar-refractivity contribution in [1.29, 1.82) is 0 Å². The van der Waals surface area contributed by atoms with Crippen molar-refractivity contribution < 1.29 is 13.9 Å². The van der Waals surface area contributed by atoms with Crippen LogP contribution in [0.4, 0.5) is 14.9 Å². The second-order valence-corrected chi connectivity index (χ2v) is 6.79. The minimum Gasteiger partial charge on any atom is -0.444 e. The van der Waals surface area contributed by atoms with Crippen molar-refractivity contribution in [1.82, 2.24) is 5.32 Å². The molecule has 0 bridgehead atoms. The molecule has 0 spiro atoms. The fourth-order valence-electron chi connectivity index (χ4n) is 2.65. The Morgan fingerprint density at radius 3 is 2.68 bits per heavy atom. The summed E-state index contributed by atoms with van der Waals surface area (Å²) in [5, 5.41) is 2.80. The Morgan fingerprint density at radius 1 is 1.36 bits per heavy atom. The average Bonchev–Trinajstić information content (AvgIpc) is 2.86. The van der Waals surface area contributed by atoms with E-state index in [1.165, 1.54) is 12.1 Å². The van der Waals surface area contributed by atoms with E-state index in [1.54, 1.807) is 0 Å². The van der Waals surface area contributed by atoms with Gasteiger partial charge in [-0.05, 0) is 63.8 Å². The zero-order chi connectivity index (χ0) is 16.2. The van der Waals surface area contributed by atoms with E-state index in [4.69, 9.17) is 4.74 Å². The van der Waals surface area contributed by atoms with E-state index in [9.17, 15) is 9.18 Å². The molecule has 5 heteroatoms. The minimum atomic E-state index is -0.461. The first kappa shape index (κ1) is 16.6. The van der Waals surface area contributed by atoms with Gasteiger partial charge >= 0.3 is 6.09 Å². The molecule has 122 valence electrons. The Balaban J connectivity index is 1.71. The standard InChI is InChI=1S/C17H25FN2O2/c1-17(2,3)22-16(21)19-10-8-13-9-11-20(12-13)15-6-4-14(18)5-7-15/h4-7,13H,8-12H2,1-3H3,(H,19,21). The highest BCUT2D eigenvalue weighted by molar-refractivity contribution is 5.67. The highest BCUT2D eigenvalue weighted by Gasteiger charge is 2.23. The highest BCUT2D eigenvalue weighted by atomic mass is 19.1. The molecule has 1 aromatic carbocycles. The number of ether oxygens (including phenoxy) is 1. The van der Waals surface area contributed by atoms with E-state index in [1.807, 2.05) is 32.9 Å². The van der Waals surface area contributed by atoms with Gasteiger partial charge in [0.2, 0.25) is 0 Å².